The van der Waals surface area contributed by atoms with Crippen molar-refractivity contribution < 1.29 is 9.53 Å². The lowest BCUT2D eigenvalue weighted by Crippen LogP contribution is -2.12. The average Bonchev–Trinajstić information content (AvgIpc) is 3.06. The highest BCUT2D eigenvalue weighted by atomic mass is 32.1. The molecule has 0 spiro atoms. The van der Waals surface area contributed by atoms with Crippen LogP contribution in [-0.2, 0) is 11.2 Å². The Morgan fingerprint density at radius 1 is 1.17 bits per heavy atom. The molecule has 0 atom stereocenters. The highest BCUT2D eigenvalue weighted by molar-refractivity contribution is 7.15. The van der Waals surface area contributed by atoms with Gasteiger partial charge in [-0.15, -0.1) is 10.2 Å². The summed E-state index contributed by atoms with van der Waals surface area (Å²) in [6.07, 6.45) is 1.87. The number of carbonyl (C=O) groups excluding carboxylic acids is 1. The second-order valence-electron chi connectivity index (χ2n) is 5.33. The van der Waals surface area contributed by atoms with Crippen molar-refractivity contribution in [3.05, 3.63) is 47.5 Å². The van der Waals surface area contributed by atoms with Gasteiger partial charge in [0.15, 0.2) is 0 Å². The van der Waals surface area contributed by atoms with Crippen LogP contribution in [0.25, 0.3) is 10.8 Å². The summed E-state index contributed by atoms with van der Waals surface area (Å²) in [6, 6.07) is 14.1. The number of hydrogen-bond donors (Lipinski definition) is 1. The van der Waals surface area contributed by atoms with Crippen molar-refractivity contribution in [3.63, 3.8) is 0 Å². The molecule has 3 rings (SSSR count). The Bertz CT molecular complexity index is 827. The summed E-state index contributed by atoms with van der Waals surface area (Å²) in [5.41, 5.74) is 0. The number of carbonyl (C=O) groups is 1. The minimum atomic E-state index is -0.0599. The predicted molar refractivity (Wildman–Crippen MR) is 96.6 cm³/mol. The molecule has 1 N–H and O–H groups in total. The van der Waals surface area contributed by atoms with Crippen molar-refractivity contribution >= 4 is 33.1 Å². The molecule has 0 fully saturated rings. The quantitative estimate of drug-likeness (QED) is 0.659. The van der Waals surface area contributed by atoms with E-state index in [1.165, 1.54) is 11.3 Å². The molecular weight excluding hydrogens is 322 g/mol. The van der Waals surface area contributed by atoms with E-state index in [1.54, 1.807) is 0 Å². The Kier molecular flexibility index (Phi) is 5.38. The lowest BCUT2D eigenvalue weighted by Gasteiger charge is -2.09. The first-order valence-electron chi connectivity index (χ1n) is 7.99. The van der Waals surface area contributed by atoms with Gasteiger partial charge < -0.3 is 10.1 Å². The highest BCUT2D eigenvalue weighted by Crippen LogP contribution is 2.25. The normalized spacial score (nSPS) is 10.7. The van der Waals surface area contributed by atoms with Crippen molar-refractivity contribution in [2.75, 3.05) is 11.9 Å². The fourth-order valence-corrected chi connectivity index (χ4v) is 3.06. The van der Waals surface area contributed by atoms with Crippen molar-refractivity contribution in [1.29, 1.82) is 0 Å². The standard InChI is InChI=1S/C18H19N3O2S/c1-2-17-20-21-18(24-17)19-16(22)11-6-12-23-15-10-5-8-13-7-3-4-9-14(13)15/h3-5,7-10H,2,6,11-12H2,1H3,(H,19,21,22). The zero-order valence-corrected chi connectivity index (χ0v) is 14.3. The number of aryl methyl sites for hydroxylation is 1. The number of ether oxygens (including phenoxy) is 1. The summed E-state index contributed by atoms with van der Waals surface area (Å²) in [7, 11) is 0. The largest absolute Gasteiger partial charge is 0.493 e. The Labute approximate surface area is 144 Å². The van der Waals surface area contributed by atoms with Gasteiger partial charge in [-0.1, -0.05) is 54.7 Å². The topological polar surface area (TPSA) is 64.1 Å². The number of hydrogen-bond acceptors (Lipinski definition) is 5. The van der Waals surface area contributed by atoms with E-state index in [2.05, 4.69) is 27.6 Å². The zero-order chi connectivity index (χ0) is 16.8. The van der Waals surface area contributed by atoms with Crippen LogP contribution in [0.4, 0.5) is 5.13 Å². The smallest absolute Gasteiger partial charge is 0.226 e. The van der Waals surface area contributed by atoms with Gasteiger partial charge in [0, 0.05) is 11.8 Å². The van der Waals surface area contributed by atoms with Crippen LogP contribution >= 0.6 is 11.3 Å². The molecule has 0 radical (unpaired) electrons. The molecule has 0 aliphatic rings. The van der Waals surface area contributed by atoms with Gasteiger partial charge in [0.25, 0.3) is 0 Å². The third-order valence-corrected chi connectivity index (χ3v) is 4.55. The van der Waals surface area contributed by atoms with Crippen molar-refractivity contribution in [2.24, 2.45) is 0 Å². The van der Waals surface area contributed by atoms with Gasteiger partial charge in [0.05, 0.1) is 6.61 Å². The van der Waals surface area contributed by atoms with Gasteiger partial charge in [0.1, 0.15) is 10.8 Å². The Balaban J connectivity index is 1.47. The van der Waals surface area contributed by atoms with Crippen LogP contribution < -0.4 is 10.1 Å². The number of anilines is 1. The van der Waals surface area contributed by atoms with Crippen molar-refractivity contribution in [3.8, 4) is 5.75 Å². The first-order chi connectivity index (χ1) is 11.8. The fourth-order valence-electron chi connectivity index (χ4n) is 2.37. The molecule has 0 saturated carbocycles. The van der Waals surface area contributed by atoms with Crippen LogP contribution in [0.1, 0.15) is 24.8 Å². The predicted octanol–water partition coefficient (Wildman–Crippen LogP) is 4.05. The van der Waals surface area contributed by atoms with E-state index in [0.29, 0.717) is 24.6 Å². The van der Waals surface area contributed by atoms with Gasteiger partial charge in [0.2, 0.25) is 11.0 Å². The van der Waals surface area contributed by atoms with Gasteiger partial charge in [-0.2, -0.15) is 0 Å². The molecule has 3 aromatic rings. The molecule has 0 unspecified atom stereocenters. The molecule has 2 aromatic carbocycles. The molecule has 24 heavy (non-hydrogen) atoms. The SMILES string of the molecule is CCc1nnc(NC(=O)CCCOc2cccc3ccccc23)s1. The molecule has 0 bridgehead atoms. The minimum Gasteiger partial charge on any atom is -0.493 e. The summed E-state index contributed by atoms with van der Waals surface area (Å²) in [6.45, 7) is 2.51. The van der Waals surface area contributed by atoms with E-state index in [1.807, 2.05) is 37.3 Å². The van der Waals surface area contributed by atoms with Crippen LogP contribution in [-0.4, -0.2) is 22.7 Å². The number of nitrogens with one attached hydrogen (secondary N) is 1. The van der Waals surface area contributed by atoms with Crippen LogP contribution in [0.5, 0.6) is 5.75 Å². The number of rotatable bonds is 7. The molecule has 1 aromatic heterocycles. The van der Waals surface area contributed by atoms with E-state index < -0.39 is 0 Å². The Morgan fingerprint density at radius 2 is 2.00 bits per heavy atom. The third-order valence-electron chi connectivity index (χ3n) is 3.57. The molecule has 124 valence electrons. The lowest BCUT2D eigenvalue weighted by atomic mass is 10.1. The van der Waals surface area contributed by atoms with Gasteiger partial charge >= 0.3 is 0 Å². The number of benzene rings is 2. The molecule has 6 heteroatoms. The first-order valence-corrected chi connectivity index (χ1v) is 8.80. The molecule has 5 nitrogen and oxygen atoms in total. The van der Waals surface area contributed by atoms with E-state index >= 15 is 0 Å². The maximum Gasteiger partial charge on any atom is 0.226 e. The lowest BCUT2D eigenvalue weighted by molar-refractivity contribution is -0.116. The van der Waals surface area contributed by atoms with Crippen LogP contribution in [0.2, 0.25) is 0 Å². The van der Waals surface area contributed by atoms with Gasteiger partial charge in [-0.05, 0) is 24.3 Å². The first kappa shape index (κ1) is 16.4. The van der Waals surface area contributed by atoms with E-state index in [9.17, 15) is 4.79 Å². The summed E-state index contributed by atoms with van der Waals surface area (Å²) >= 11 is 1.41. The summed E-state index contributed by atoms with van der Waals surface area (Å²) in [5, 5.41) is 14.4. The minimum absolute atomic E-state index is 0.0599. The Morgan fingerprint density at radius 3 is 2.83 bits per heavy atom. The van der Waals surface area contributed by atoms with Gasteiger partial charge in [-0.25, -0.2) is 0 Å². The van der Waals surface area contributed by atoms with E-state index in [-0.39, 0.29) is 5.91 Å². The monoisotopic (exact) mass is 341 g/mol. The number of nitrogens with zero attached hydrogens (tertiary/aromatic N) is 2. The van der Waals surface area contributed by atoms with E-state index in [4.69, 9.17) is 4.74 Å². The maximum atomic E-state index is 11.9. The van der Waals surface area contributed by atoms with E-state index in [0.717, 1.165) is 28.0 Å². The molecular formula is C18H19N3O2S. The summed E-state index contributed by atoms with van der Waals surface area (Å²) in [4.78, 5) is 11.9. The number of fused-ring (bicyclic) bond motifs is 1. The number of amides is 1. The van der Waals surface area contributed by atoms with Crippen LogP contribution in [0, 0.1) is 0 Å². The average molecular weight is 341 g/mol. The van der Waals surface area contributed by atoms with Crippen molar-refractivity contribution in [1.82, 2.24) is 10.2 Å². The van der Waals surface area contributed by atoms with Crippen LogP contribution in [0.3, 0.4) is 0 Å². The second-order valence-corrected chi connectivity index (χ2v) is 6.39. The second kappa shape index (κ2) is 7.88. The fraction of sp³-hybridized carbons (Fsp3) is 0.278. The van der Waals surface area contributed by atoms with Crippen LogP contribution in [0.15, 0.2) is 42.5 Å². The summed E-state index contributed by atoms with van der Waals surface area (Å²) in [5.74, 6) is 0.792. The maximum absolute atomic E-state index is 11.9. The molecule has 1 heterocycles. The summed E-state index contributed by atoms with van der Waals surface area (Å²) < 4.78 is 5.84. The molecule has 0 aliphatic heterocycles. The highest BCUT2D eigenvalue weighted by Gasteiger charge is 2.07. The zero-order valence-electron chi connectivity index (χ0n) is 13.5. The third kappa shape index (κ3) is 4.08. The van der Waals surface area contributed by atoms with Crippen molar-refractivity contribution in [2.45, 2.75) is 26.2 Å². The van der Waals surface area contributed by atoms with Gasteiger partial charge in [-0.3, -0.25) is 4.79 Å². The molecule has 0 saturated heterocycles. The number of aromatic nitrogens is 2. The molecule has 1 amide bonds. The Hall–Kier alpha value is -2.47. The molecule has 0 aliphatic carbocycles.